The summed E-state index contributed by atoms with van der Waals surface area (Å²) in [5.41, 5.74) is 2.53. The number of anilines is 1. The second-order valence-electron chi connectivity index (χ2n) is 5.97. The van der Waals surface area contributed by atoms with Crippen LogP contribution in [-0.2, 0) is 9.53 Å². The molecule has 1 heterocycles. The van der Waals surface area contributed by atoms with Crippen molar-refractivity contribution in [2.75, 3.05) is 11.9 Å². The van der Waals surface area contributed by atoms with E-state index in [9.17, 15) is 9.59 Å². The molecule has 0 fully saturated rings. The van der Waals surface area contributed by atoms with Crippen molar-refractivity contribution in [3.05, 3.63) is 51.3 Å². The van der Waals surface area contributed by atoms with Gasteiger partial charge in [-0.2, -0.15) is 0 Å². The topological polar surface area (TPSA) is 60.3 Å². The summed E-state index contributed by atoms with van der Waals surface area (Å²) < 4.78 is 7.16. The van der Waals surface area contributed by atoms with Gasteiger partial charge in [-0.05, 0) is 45.9 Å². The Balaban J connectivity index is 2.03. The number of hydrogen-bond donors (Lipinski definition) is 1. The van der Waals surface area contributed by atoms with Crippen molar-refractivity contribution in [1.82, 2.24) is 4.57 Å². The number of carbonyl (C=O) groups excluding carboxylic acids is 2. The number of amides is 1. The fourth-order valence-corrected chi connectivity index (χ4v) is 3.27. The molecule has 7 heteroatoms. The van der Waals surface area contributed by atoms with Gasteiger partial charge in [-0.3, -0.25) is 4.79 Å². The number of ether oxygens (including phenoxy) is 1. The Bertz CT molecular complexity index is 793. The SMILES string of the molecule is Cc1cc(C(=O)OCC(=O)Nc2c(Cl)cccc2Cl)c(C)n1C(C)C. The Hall–Kier alpha value is -1.98. The first-order chi connectivity index (χ1) is 11.7. The van der Waals surface area contributed by atoms with E-state index >= 15 is 0 Å². The molecule has 2 aromatic rings. The van der Waals surface area contributed by atoms with Crippen LogP contribution >= 0.6 is 23.2 Å². The number of aryl methyl sites for hydroxylation is 1. The number of esters is 1. The lowest BCUT2D eigenvalue weighted by Crippen LogP contribution is -2.21. The maximum absolute atomic E-state index is 12.3. The van der Waals surface area contributed by atoms with Crippen molar-refractivity contribution in [3.8, 4) is 0 Å². The van der Waals surface area contributed by atoms with Crippen molar-refractivity contribution in [2.24, 2.45) is 0 Å². The van der Waals surface area contributed by atoms with Gasteiger partial charge in [0.2, 0.25) is 0 Å². The standard InChI is InChI=1S/C18H20Cl2N2O3/c1-10(2)22-11(3)8-13(12(22)4)18(24)25-9-16(23)21-17-14(19)6-5-7-15(17)20/h5-8,10H,9H2,1-4H3,(H,21,23). The third-order valence-electron chi connectivity index (χ3n) is 3.78. The Kier molecular flexibility index (Phi) is 6.14. The summed E-state index contributed by atoms with van der Waals surface area (Å²) in [6.45, 7) is 7.43. The number of halogens is 2. The zero-order valence-electron chi connectivity index (χ0n) is 14.5. The molecule has 25 heavy (non-hydrogen) atoms. The molecule has 0 spiro atoms. The molecule has 0 aliphatic carbocycles. The monoisotopic (exact) mass is 382 g/mol. The average molecular weight is 383 g/mol. The molecule has 0 saturated carbocycles. The number of benzene rings is 1. The maximum Gasteiger partial charge on any atom is 0.340 e. The molecule has 1 aromatic carbocycles. The van der Waals surface area contributed by atoms with Crippen LogP contribution in [0.15, 0.2) is 24.3 Å². The third-order valence-corrected chi connectivity index (χ3v) is 4.41. The number of rotatable bonds is 5. The molecule has 0 saturated heterocycles. The van der Waals surface area contributed by atoms with E-state index < -0.39 is 18.5 Å². The van der Waals surface area contributed by atoms with Gasteiger partial charge in [0, 0.05) is 17.4 Å². The van der Waals surface area contributed by atoms with E-state index in [1.807, 2.05) is 32.3 Å². The van der Waals surface area contributed by atoms with Gasteiger partial charge in [0.25, 0.3) is 5.91 Å². The zero-order valence-corrected chi connectivity index (χ0v) is 16.0. The number of nitrogens with one attached hydrogen (secondary N) is 1. The molecular weight excluding hydrogens is 363 g/mol. The second kappa shape index (κ2) is 7.93. The smallest absolute Gasteiger partial charge is 0.340 e. The summed E-state index contributed by atoms with van der Waals surface area (Å²) >= 11 is 12.0. The van der Waals surface area contributed by atoms with Crippen LogP contribution in [0.1, 0.15) is 41.6 Å². The summed E-state index contributed by atoms with van der Waals surface area (Å²) in [5, 5.41) is 3.17. The van der Waals surface area contributed by atoms with Crippen LogP contribution in [0, 0.1) is 13.8 Å². The highest BCUT2D eigenvalue weighted by molar-refractivity contribution is 6.39. The van der Waals surface area contributed by atoms with E-state index in [1.54, 1.807) is 24.3 Å². The second-order valence-corrected chi connectivity index (χ2v) is 6.78. The van der Waals surface area contributed by atoms with E-state index in [0.29, 0.717) is 21.3 Å². The average Bonchev–Trinajstić information content (AvgIpc) is 2.83. The van der Waals surface area contributed by atoms with E-state index in [1.165, 1.54) is 0 Å². The number of para-hydroxylation sites is 1. The first kappa shape index (κ1) is 19.3. The van der Waals surface area contributed by atoms with Gasteiger partial charge in [0.15, 0.2) is 6.61 Å². The van der Waals surface area contributed by atoms with Crippen molar-refractivity contribution < 1.29 is 14.3 Å². The molecule has 1 aromatic heterocycles. The van der Waals surface area contributed by atoms with E-state index in [4.69, 9.17) is 27.9 Å². The van der Waals surface area contributed by atoms with Gasteiger partial charge in [-0.15, -0.1) is 0 Å². The van der Waals surface area contributed by atoms with Crippen LogP contribution in [-0.4, -0.2) is 23.1 Å². The predicted octanol–water partition coefficient (Wildman–Crippen LogP) is 4.79. The van der Waals surface area contributed by atoms with E-state index in [0.717, 1.165) is 11.4 Å². The van der Waals surface area contributed by atoms with Crippen molar-refractivity contribution in [1.29, 1.82) is 0 Å². The Morgan fingerprint density at radius 1 is 1.20 bits per heavy atom. The summed E-state index contributed by atoms with van der Waals surface area (Å²) in [5.74, 6) is -1.05. The molecule has 1 amide bonds. The van der Waals surface area contributed by atoms with Crippen molar-refractivity contribution in [3.63, 3.8) is 0 Å². The minimum atomic E-state index is -0.541. The molecule has 0 aliphatic rings. The Morgan fingerprint density at radius 2 is 1.80 bits per heavy atom. The Morgan fingerprint density at radius 3 is 2.32 bits per heavy atom. The van der Waals surface area contributed by atoms with Crippen molar-refractivity contribution in [2.45, 2.75) is 33.7 Å². The molecule has 0 aliphatic heterocycles. The molecule has 0 atom stereocenters. The zero-order chi connectivity index (χ0) is 18.7. The van der Waals surface area contributed by atoms with Gasteiger partial charge in [-0.25, -0.2) is 4.79 Å². The minimum absolute atomic E-state index is 0.229. The minimum Gasteiger partial charge on any atom is -0.452 e. The van der Waals surface area contributed by atoms with Crippen LogP contribution < -0.4 is 5.32 Å². The van der Waals surface area contributed by atoms with Crippen LogP contribution in [0.2, 0.25) is 10.0 Å². The van der Waals surface area contributed by atoms with Crippen LogP contribution in [0.3, 0.4) is 0 Å². The third kappa shape index (κ3) is 4.35. The highest BCUT2D eigenvalue weighted by Crippen LogP contribution is 2.29. The number of hydrogen-bond acceptors (Lipinski definition) is 3. The summed E-state index contributed by atoms with van der Waals surface area (Å²) in [6.07, 6.45) is 0. The first-order valence-electron chi connectivity index (χ1n) is 7.81. The molecule has 2 rings (SSSR count). The van der Waals surface area contributed by atoms with Gasteiger partial charge in [0.05, 0.1) is 21.3 Å². The number of nitrogens with zero attached hydrogens (tertiary/aromatic N) is 1. The van der Waals surface area contributed by atoms with E-state index in [2.05, 4.69) is 5.32 Å². The molecule has 0 bridgehead atoms. The lowest BCUT2D eigenvalue weighted by Gasteiger charge is -2.13. The lowest BCUT2D eigenvalue weighted by molar-refractivity contribution is -0.119. The van der Waals surface area contributed by atoms with Gasteiger partial charge < -0.3 is 14.6 Å². The molecule has 0 radical (unpaired) electrons. The fourth-order valence-electron chi connectivity index (χ4n) is 2.78. The highest BCUT2D eigenvalue weighted by atomic mass is 35.5. The van der Waals surface area contributed by atoms with Gasteiger partial charge >= 0.3 is 5.97 Å². The number of carbonyl (C=O) groups is 2. The molecule has 1 N–H and O–H groups in total. The van der Waals surface area contributed by atoms with E-state index in [-0.39, 0.29) is 6.04 Å². The fraction of sp³-hybridized carbons (Fsp3) is 0.333. The molecule has 134 valence electrons. The maximum atomic E-state index is 12.3. The lowest BCUT2D eigenvalue weighted by atomic mass is 10.2. The van der Waals surface area contributed by atoms with Crippen LogP contribution in [0.4, 0.5) is 5.69 Å². The largest absolute Gasteiger partial charge is 0.452 e. The Labute approximate surface area is 156 Å². The molecular formula is C18H20Cl2N2O3. The predicted molar refractivity (Wildman–Crippen MR) is 99.7 cm³/mol. The van der Waals surface area contributed by atoms with Gasteiger partial charge in [0.1, 0.15) is 0 Å². The van der Waals surface area contributed by atoms with Crippen LogP contribution in [0.5, 0.6) is 0 Å². The first-order valence-corrected chi connectivity index (χ1v) is 8.57. The summed E-state index contributed by atoms with van der Waals surface area (Å²) in [7, 11) is 0. The number of aromatic nitrogens is 1. The van der Waals surface area contributed by atoms with Crippen molar-refractivity contribution >= 4 is 40.8 Å². The quantitative estimate of drug-likeness (QED) is 0.756. The molecule has 5 nitrogen and oxygen atoms in total. The molecule has 0 unspecified atom stereocenters. The summed E-state index contributed by atoms with van der Waals surface area (Å²) in [4.78, 5) is 24.3. The summed E-state index contributed by atoms with van der Waals surface area (Å²) in [6, 6.07) is 6.88. The van der Waals surface area contributed by atoms with Crippen LogP contribution in [0.25, 0.3) is 0 Å². The normalized spacial score (nSPS) is 10.8. The highest BCUT2D eigenvalue weighted by Gasteiger charge is 2.19. The van der Waals surface area contributed by atoms with Gasteiger partial charge in [-0.1, -0.05) is 29.3 Å².